The van der Waals surface area contributed by atoms with Crippen molar-refractivity contribution in [3.63, 3.8) is 0 Å². The maximum absolute atomic E-state index is 11.7. The molecule has 1 N–H and O–H groups in total. The van der Waals surface area contributed by atoms with E-state index in [1.807, 2.05) is 30.5 Å². The van der Waals surface area contributed by atoms with Crippen LogP contribution >= 0.6 is 11.3 Å². The fraction of sp³-hybridized carbons (Fsp3) is 0.118. The van der Waals surface area contributed by atoms with Crippen LogP contribution in [0.15, 0.2) is 52.4 Å². The number of nitrogens with zero attached hydrogens (tertiary/aromatic N) is 3. The zero-order chi connectivity index (χ0) is 17.4. The highest BCUT2D eigenvalue weighted by Gasteiger charge is 2.12. The lowest BCUT2D eigenvalue weighted by Gasteiger charge is -2.04. The fourth-order valence-corrected chi connectivity index (χ4v) is 3.98. The van der Waals surface area contributed by atoms with E-state index >= 15 is 0 Å². The minimum Gasteiger partial charge on any atom is -0.330 e. The van der Waals surface area contributed by atoms with E-state index in [4.69, 9.17) is 0 Å². The van der Waals surface area contributed by atoms with Gasteiger partial charge in [-0.15, -0.1) is 10.2 Å². The molecule has 8 heteroatoms. The second-order valence-electron chi connectivity index (χ2n) is 5.72. The third-order valence-corrected chi connectivity index (χ3v) is 5.82. The summed E-state index contributed by atoms with van der Waals surface area (Å²) in [6.45, 7) is 0.731. The molecule has 3 aromatic rings. The molecule has 0 spiro atoms. The Hall–Kier alpha value is -2.58. The summed E-state index contributed by atoms with van der Waals surface area (Å²) in [5, 5.41) is 12.9. The van der Waals surface area contributed by atoms with Crippen LogP contribution in [0.4, 0.5) is 10.8 Å². The average molecular weight is 370 g/mol. The molecule has 2 heterocycles. The van der Waals surface area contributed by atoms with Gasteiger partial charge in [0.25, 0.3) is 0 Å². The van der Waals surface area contributed by atoms with Gasteiger partial charge in [0.2, 0.25) is 5.13 Å². The van der Waals surface area contributed by atoms with Crippen molar-refractivity contribution in [2.24, 2.45) is 4.99 Å². The predicted octanol–water partition coefficient (Wildman–Crippen LogP) is 3.28. The van der Waals surface area contributed by atoms with Crippen LogP contribution in [0.5, 0.6) is 0 Å². The van der Waals surface area contributed by atoms with Crippen molar-refractivity contribution in [2.75, 3.05) is 11.6 Å². The van der Waals surface area contributed by atoms with Gasteiger partial charge in [0, 0.05) is 23.7 Å². The van der Waals surface area contributed by atoms with Crippen molar-refractivity contribution in [2.45, 2.75) is 11.4 Å². The van der Waals surface area contributed by atoms with Crippen molar-refractivity contribution in [1.82, 2.24) is 10.2 Å². The Balaban J connectivity index is 1.59. The second kappa shape index (κ2) is 6.05. The van der Waals surface area contributed by atoms with Gasteiger partial charge in [-0.1, -0.05) is 29.5 Å². The zero-order valence-corrected chi connectivity index (χ0v) is 14.9. The number of sulfone groups is 1. The molecule has 1 aliphatic heterocycles. The molecule has 0 fully saturated rings. The Morgan fingerprint density at radius 2 is 2.00 bits per heavy atom. The molecule has 1 aliphatic rings. The lowest BCUT2D eigenvalue weighted by Crippen LogP contribution is -1.96. The van der Waals surface area contributed by atoms with Gasteiger partial charge in [-0.2, -0.15) is 0 Å². The van der Waals surface area contributed by atoms with Gasteiger partial charge in [-0.3, -0.25) is 4.99 Å². The zero-order valence-electron chi connectivity index (χ0n) is 13.3. The van der Waals surface area contributed by atoms with E-state index in [-0.39, 0.29) is 4.90 Å². The Bertz CT molecular complexity index is 1090. The number of hydrogen-bond donors (Lipinski definition) is 1. The summed E-state index contributed by atoms with van der Waals surface area (Å²) in [5.74, 6) is 0. The molecule has 126 valence electrons. The average Bonchev–Trinajstić information content (AvgIpc) is 3.23. The molecular formula is C17H14N4O2S2. The van der Waals surface area contributed by atoms with Crippen LogP contribution in [0.1, 0.15) is 11.1 Å². The topological polar surface area (TPSA) is 84.3 Å². The maximum Gasteiger partial charge on any atom is 0.210 e. The van der Waals surface area contributed by atoms with Crippen LogP contribution in [0.2, 0.25) is 0 Å². The standard InChI is InChI=1S/C17H14N4O2S2/c1-25(22,23)15-4-2-3-11(8-15)16-20-21-17(24-16)19-14-6-5-12-9-18-10-13(12)7-14/h2-8,10H,9H2,1H3,(H,19,21). The molecule has 0 bridgehead atoms. The van der Waals surface area contributed by atoms with E-state index < -0.39 is 9.84 Å². The number of anilines is 2. The summed E-state index contributed by atoms with van der Waals surface area (Å²) in [4.78, 5) is 4.51. The number of aromatic nitrogens is 2. The highest BCUT2D eigenvalue weighted by molar-refractivity contribution is 7.90. The molecule has 0 amide bonds. The molecule has 0 saturated heterocycles. The second-order valence-corrected chi connectivity index (χ2v) is 8.71. The molecule has 25 heavy (non-hydrogen) atoms. The lowest BCUT2D eigenvalue weighted by molar-refractivity contribution is 0.602. The number of rotatable bonds is 4. The van der Waals surface area contributed by atoms with E-state index in [0.717, 1.165) is 23.4 Å². The van der Waals surface area contributed by atoms with E-state index in [2.05, 4.69) is 20.5 Å². The van der Waals surface area contributed by atoms with Gasteiger partial charge in [0.1, 0.15) is 5.01 Å². The van der Waals surface area contributed by atoms with Gasteiger partial charge in [-0.25, -0.2) is 8.42 Å². The number of fused-ring (bicyclic) bond motifs is 1. The molecule has 4 rings (SSSR count). The molecule has 2 aromatic carbocycles. The third kappa shape index (κ3) is 3.31. The predicted molar refractivity (Wildman–Crippen MR) is 99.5 cm³/mol. The number of aliphatic imine (C=N–C) groups is 1. The molecule has 0 radical (unpaired) electrons. The van der Waals surface area contributed by atoms with Crippen LogP contribution in [0.25, 0.3) is 10.6 Å². The van der Waals surface area contributed by atoms with Crippen molar-refractivity contribution < 1.29 is 8.42 Å². The van der Waals surface area contributed by atoms with Crippen molar-refractivity contribution in [1.29, 1.82) is 0 Å². The summed E-state index contributed by atoms with van der Waals surface area (Å²) in [6.07, 6.45) is 3.05. The Morgan fingerprint density at radius 3 is 2.84 bits per heavy atom. The monoisotopic (exact) mass is 370 g/mol. The van der Waals surface area contributed by atoms with Crippen LogP contribution in [-0.2, 0) is 16.4 Å². The summed E-state index contributed by atoms with van der Waals surface area (Å²) in [5.41, 5.74) is 3.96. The summed E-state index contributed by atoms with van der Waals surface area (Å²) >= 11 is 1.37. The molecule has 1 aromatic heterocycles. The van der Waals surface area contributed by atoms with Crippen molar-refractivity contribution in [3.05, 3.63) is 53.6 Å². The molecule has 0 saturated carbocycles. The summed E-state index contributed by atoms with van der Waals surface area (Å²) in [6, 6.07) is 12.8. The smallest absolute Gasteiger partial charge is 0.210 e. The minimum absolute atomic E-state index is 0.271. The Morgan fingerprint density at radius 1 is 1.12 bits per heavy atom. The van der Waals surface area contributed by atoms with Crippen LogP contribution in [-0.4, -0.2) is 31.1 Å². The first-order valence-corrected chi connectivity index (χ1v) is 10.2. The third-order valence-electron chi connectivity index (χ3n) is 3.82. The van der Waals surface area contributed by atoms with Crippen LogP contribution in [0, 0.1) is 0 Å². The SMILES string of the molecule is CS(=O)(=O)c1cccc(-c2nnc(Nc3ccc4c(c3)C=NC4)s2)c1. The van der Waals surface area contributed by atoms with Gasteiger partial charge in [-0.05, 0) is 35.4 Å². The van der Waals surface area contributed by atoms with Crippen LogP contribution < -0.4 is 5.32 Å². The van der Waals surface area contributed by atoms with Crippen molar-refractivity contribution in [3.8, 4) is 10.6 Å². The molecule has 0 atom stereocenters. The largest absolute Gasteiger partial charge is 0.330 e. The lowest BCUT2D eigenvalue weighted by atomic mass is 10.1. The Labute approximate surface area is 149 Å². The highest BCUT2D eigenvalue weighted by Crippen LogP contribution is 2.30. The number of nitrogens with one attached hydrogen (secondary N) is 1. The first kappa shape index (κ1) is 15.9. The normalized spacial score (nSPS) is 13.0. The number of hydrogen-bond acceptors (Lipinski definition) is 7. The first-order valence-electron chi connectivity index (χ1n) is 7.53. The van der Waals surface area contributed by atoms with Gasteiger partial charge in [0.15, 0.2) is 9.84 Å². The molecule has 0 aliphatic carbocycles. The molecule has 6 nitrogen and oxygen atoms in total. The van der Waals surface area contributed by atoms with Gasteiger partial charge >= 0.3 is 0 Å². The van der Waals surface area contributed by atoms with E-state index in [0.29, 0.717) is 10.1 Å². The van der Waals surface area contributed by atoms with E-state index in [1.165, 1.54) is 23.2 Å². The summed E-state index contributed by atoms with van der Waals surface area (Å²) in [7, 11) is -3.25. The fourth-order valence-electron chi connectivity index (χ4n) is 2.55. The first-order chi connectivity index (χ1) is 12.0. The van der Waals surface area contributed by atoms with Crippen LogP contribution in [0.3, 0.4) is 0 Å². The summed E-state index contributed by atoms with van der Waals surface area (Å²) < 4.78 is 23.4. The van der Waals surface area contributed by atoms with Gasteiger partial charge < -0.3 is 5.32 Å². The number of benzene rings is 2. The highest BCUT2D eigenvalue weighted by atomic mass is 32.2. The van der Waals surface area contributed by atoms with E-state index in [9.17, 15) is 8.42 Å². The minimum atomic E-state index is -3.25. The molecule has 0 unspecified atom stereocenters. The maximum atomic E-state index is 11.7. The van der Waals surface area contributed by atoms with Crippen molar-refractivity contribution >= 4 is 38.2 Å². The van der Waals surface area contributed by atoms with Gasteiger partial charge in [0.05, 0.1) is 11.4 Å². The molecular weight excluding hydrogens is 356 g/mol. The quantitative estimate of drug-likeness (QED) is 0.762. The Kier molecular flexibility index (Phi) is 3.85. The van der Waals surface area contributed by atoms with E-state index in [1.54, 1.807) is 18.2 Å².